The molecule has 0 aliphatic heterocycles. The molecule has 2 amide bonds. The van der Waals surface area contributed by atoms with E-state index in [2.05, 4.69) is 19.2 Å². The van der Waals surface area contributed by atoms with Crippen LogP contribution in [0.5, 0.6) is 5.75 Å². The van der Waals surface area contributed by atoms with Crippen molar-refractivity contribution in [1.82, 2.24) is 5.32 Å². The van der Waals surface area contributed by atoms with Gasteiger partial charge >= 0.3 is 0 Å². The molecule has 0 aliphatic rings. The van der Waals surface area contributed by atoms with E-state index in [9.17, 15) is 9.59 Å². The van der Waals surface area contributed by atoms with E-state index in [1.54, 1.807) is 31.3 Å². The maximum absolute atomic E-state index is 10.9. The van der Waals surface area contributed by atoms with Gasteiger partial charge in [-0.3, -0.25) is 9.59 Å². The van der Waals surface area contributed by atoms with E-state index in [0.29, 0.717) is 12.3 Å². The van der Waals surface area contributed by atoms with E-state index in [-0.39, 0.29) is 29.0 Å². The number of amides is 2. The molecule has 1 rings (SSSR count). The first kappa shape index (κ1) is 26.2. The van der Waals surface area contributed by atoms with Gasteiger partial charge in [-0.05, 0) is 43.5 Å². The van der Waals surface area contributed by atoms with Crippen LogP contribution in [0.4, 0.5) is 0 Å². The Labute approximate surface area is 158 Å². The van der Waals surface area contributed by atoms with Crippen molar-refractivity contribution in [3.63, 3.8) is 0 Å². The molecular formula is C20H37N3O3. The highest BCUT2D eigenvalue weighted by molar-refractivity contribution is 5.80. The van der Waals surface area contributed by atoms with Gasteiger partial charge in [0, 0.05) is 5.41 Å². The molecule has 1 aromatic rings. The Morgan fingerprint density at radius 2 is 1.58 bits per heavy atom. The third kappa shape index (κ3) is 11.5. The van der Waals surface area contributed by atoms with Gasteiger partial charge in [-0.15, -0.1) is 0 Å². The third-order valence-corrected chi connectivity index (χ3v) is 3.65. The average molecular weight is 368 g/mol. The molecule has 0 fully saturated rings. The molecule has 6 N–H and O–H groups in total. The standard InChI is InChI=1S/C10H14N2O2.C8H17NO.C2H6/c1-12-9(10(11)14)6-7-2-4-8(13)5-3-7;1-6(2)5-8(3,4)7(9)10;1-2/h2-5,9,12-13H,6H2,1H3,(H2,11,14);6H,5H2,1-4H3,(H2,9,10);1-2H3. The lowest BCUT2D eigenvalue weighted by Gasteiger charge is -2.22. The Hall–Kier alpha value is -2.08. The second-order valence-corrected chi connectivity index (χ2v) is 6.96. The quantitative estimate of drug-likeness (QED) is 0.592. The second-order valence-electron chi connectivity index (χ2n) is 6.96. The van der Waals surface area contributed by atoms with Gasteiger partial charge in [0.15, 0.2) is 0 Å². The summed E-state index contributed by atoms with van der Waals surface area (Å²) in [7, 11) is 1.69. The Kier molecular flexibility index (Phi) is 13.2. The summed E-state index contributed by atoms with van der Waals surface area (Å²) in [5.41, 5.74) is 11.0. The topological polar surface area (TPSA) is 118 Å². The van der Waals surface area contributed by atoms with E-state index in [1.165, 1.54) is 0 Å². The highest BCUT2D eigenvalue weighted by atomic mass is 16.3. The Morgan fingerprint density at radius 1 is 1.12 bits per heavy atom. The van der Waals surface area contributed by atoms with Crippen LogP contribution in [0.15, 0.2) is 24.3 Å². The Morgan fingerprint density at radius 3 is 1.85 bits per heavy atom. The summed E-state index contributed by atoms with van der Waals surface area (Å²) >= 11 is 0. The van der Waals surface area contributed by atoms with Crippen LogP contribution in [0.25, 0.3) is 0 Å². The predicted octanol–water partition coefficient (Wildman–Crippen LogP) is 2.58. The zero-order chi connectivity index (χ0) is 20.9. The molecule has 1 aromatic carbocycles. The summed E-state index contributed by atoms with van der Waals surface area (Å²) in [5, 5.41) is 11.9. The van der Waals surface area contributed by atoms with Crippen molar-refractivity contribution < 1.29 is 14.7 Å². The van der Waals surface area contributed by atoms with Crippen molar-refractivity contribution >= 4 is 11.8 Å². The maximum atomic E-state index is 10.9. The number of aromatic hydroxyl groups is 1. The summed E-state index contributed by atoms with van der Waals surface area (Å²) in [6.45, 7) is 11.9. The molecule has 1 unspecified atom stereocenters. The molecule has 6 heteroatoms. The molecule has 150 valence electrons. The average Bonchev–Trinajstić information content (AvgIpc) is 2.55. The summed E-state index contributed by atoms with van der Waals surface area (Å²) in [6, 6.07) is 6.34. The van der Waals surface area contributed by atoms with Crippen LogP contribution in [0.1, 0.15) is 53.5 Å². The van der Waals surface area contributed by atoms with Crippen LogP contribution >= 0.6 is 0 Å². The molecule has 0 bridgehead atoms. The SMILES string of the molecule is CC.CC(C)CC(C)(C)C(N)=O.CNC(Cc1ccc(O)cc1)C(N)=O. The molecule has 0 radical (unpaired) electrons. The fourth-order valence-electron chi connectivity index (χ4n) is 2.33. The number of nitrogens with two attached hydrogens (primary N) is 2. The molecular weight excluding hydrogens is 330 g/mol. The van der Waals surface area contributed by atoms with Crippen LogP contribution < -0.4 is 16.8 Å². The molecule has 0 saturated carbocycles. The molecule has 0 spiro atoms. The number of phenols is 1. The van der Waals surface area contributed by atoms with Gasteiger partial charge in [-0.1, -0.05) is 53.7 Å². The third-order valence-electron chi connectivity index (χ3n) is 3.65. The molecule has 0 heterocycles. The number of carbonyl (C=O) groups is 2. The fraction of sp³-hybridized carbons (Fsp3) is 0.600. The normalized spacial score (nSPS) is 11.5. The monoisotopic (exact) mass is 367 g/mol. The lowest BCUT2D eigenvalue weighted by atomic mass is 9.83. The van der Waals surface area contributed by atoms with Crippen molar-refractivity contribution in [1.29, 1.82) is 0 Å². The van der Waals surface area contributed by atoms with Gasteiger partial charge in [0.05, 0.1) is 6.04 Å². The number of rotatable bonds is 7. The molecule has 0 saturated heterocycles. The van der Waals surface area contributed by atoms with E-state index < -0.39 is 0 Å². The lowest BCUT2D eigenvalue weighted by molar-refractivity contribution is -0.126. The van der Waals surface area contributed by atoms with Crippen LogP contribution in [0.2, 0.25) is 0 Å². The number of primary amides is 2. The van der Waals surface area contributed by atoms with Crippen LogP contribution in [-0.2, 0) is 16.0 Å². The molecule has 0 aromatic heterocycles. The lowest BCUT2D eigenvalue weighted by Crippen LogP contribution is -2.40. The van der Waals surface area contributed by atoms with E-state index in [0.717, 1.165) is 12.0 Å². The van der Waals surface area contributed by atoms with E-state index in [4.69, 9.17) is 16.6 Å². The van der Waals surface area contributed by atoms with Gasteiger partial charge in [-0.25, -0.2) is 0 Å². The van der Waals surface area contributed by atoms with Crippen LogP contribution in [-0.4, -0.2) is 30.0 Å². The number of nitrogens with one attached hydrogen (secondary N) is 1. The predicted molar refractivity (Wildman–Crippen MR) is 108 cm³/mol. The summed E-state index contributed by atoms with van der Waals surface area (Å²) in [5.74, 6) is 0.165. The second kappa shape index (κ2) is 13.2. The van der Waals surface area contributed by atoms with Crippen LogP contribution in [0, 0.1) is 11.3 Å². The maximum Gasteiger partial charge on any atom is 0.234 e. The smallest absolute Gasteiger partial charge is 0.234 e. The summed E-state index contributed by atoms with van der Waals surface area (Å²) in [4.78, 5) is 21.7. The Balaban J connectivity index is 0. The molecule has 26 heavy (non-hydrogen) atoms. The zero-order valence-corrected chi connectivity index (χ0v) is 17.3. The highest BCUT2D eigenvalue weighted by Gasteiger charge is 2.25. The summed E-state index contributed by atoms with van der Waals surface area (Å²) < 4.78 is 0. The first-order valence-corrected chi connectivity index (χ1v) is 9.04. The largest absolute Gasteiger partial charge is 0.508 e. The van der Waals surface area contributed by atoms with Crippen molar-refractivity contribution in [2.24, 2.45) is 22.8 Å². The zero-order valence-electron chi connectivity index (χ0n) is 17.3. The number of hydrogen-bond acceptors (Lipinski definition) is 4. The van der Waals surface area contributed by atoms with Crippen LogP contribution in [0.3, 0.4) is 0 Å². The van der Waals surface area contributed by atoms with Crippen molar-refractivity contribution in [3.8, 4) is 5.75 Å². The van der Waals surface area contributed by atoms with Crippen molar-refractivity contribution in [2.75, 3.05) is 7.05 Å². The molecule has 0 aliphatic carbocycles. The van der Waals surface area contributed by atoms with Gasteiger partial charge in [-0.2, -0.15) is 0 Å². The van der Waals surface area contributed by atoms with E-state index >= 15 is 0 Å². The summed E-state index contributed by atoms with van der Waals surface area (Å²) in [6.07, 6.45) is 1.40. The van der Waals surface area contributed by atoms with Crippen molar-refractivity contribution in [3.05, 3.63) is 29.8 Å². The fourth-order valence-corrected chi connectivity index (χ4v) is 2.33. The molecule has 6 nitrogen and oxygen atoms in total. The molecule has 1 atom stereocenters. The van der Waals surface area contributed by atoms with Gasteiger partial charge < -0.3 is 21.9 Å². The van der Waals surface area contributed by atoms with Crippen molar-refractivity contribution in [2.45, 2.75) is 60.4 Å². The number of benzene rings is 1. The Bertz CT molecular complexity index is 526. The first-order valence-electron chi connectivity index (χ1n) is 9.04. The minimum Gasteiger partial charge on any atom is -0.508 e. The highest BCUT2D eigenvalue weighted by Crippen LogP contribution is 2.24. The number of phenolic OH excluding ortho intramolecular Hbond substituents is 1. The number of carbonyl (C=O) groups excluding carboxylic acids is 2. The number of likely N-dealkylation sites (N-methyl/N-ethyl adjacent to an activating group) is 1. The van der Waals surface area contributed by atoms with Gasteiger partial charge in [0.2, 0.25) is 11.8 Å². The minimum absolute atomic E-state index is 0.207. The minimum atomic E-state index is -0.374. The first-order chi connectivity index (χ1) is 12.0. The van der Waals surface area contributed by atoms with Gasteiger partial charge in [0.1, 0.15) is 5.75 Å². The van der Waals surface area contributed by atoms with Gasteiger partial charge in [0.25, 0.3) is 0 Å². The van der Waals surface area contributed by atoms with E-state index in [1.807, 2.05) is 27.7 Å². The number of hydrogen-bond donors (Lipinski definition) is 4.